The van der Waals surface area contributed by atoms with Gasteiger partial charge in [-0.3, -0.25) is 34.9 Å². The standard InChI is InChI=1S/C23H26ClN3O6/c1-11(2)19(27-21(30)17-12-7-8-13(9-12)18(17)22(27)31)23(32)33-10-16(28)25-26-20(29)14-5-3-4-6-15(14)24/h3-6,11-13,17-19H,7-10H2,1-2H3,(H,25,28)(H,26,29)/t12-,13-,17+,18+,19+/m0/s1. The first kappa shape index (κ1) is 23.2. The summed E-state index contributed by atoms with van der Waals surface area (Å²) in [7, 11) is 0. The van der Waals surface area contributed by atoms with Gasteiger partial charge < -0.3 is 4.74 Å². The Morgan fingerprint density at radius 3 is 2.24 bits per heavy atom. The number of amides is 4. The van der Waals surface area contributed by atoms with Gasteiger partial charge in [0.25, 0.3) is 11.8 Å². The van der Waals surface area contributed by atoms with Crippen molar-refractivity contribution in [2.75, 3.05) is 6.61 Å². The molecular formula is C23H26ClN3O6. The number of halogens is 1. The summed E-state index contributed by atoms with van der Waals surface area (Å²) in [5.74, 6) is -3.49. The van der Waals surface area contributed by atoms with E-state index in [1.54, 1.807) is 26.0 Å². The van der Waals surface area contributed by atoms with Gasteiger partial charge in [0.05, 0.1) is 22.4 Å². The molecule has 2 bridgehead atoms. The number of likely N-dealkylation sites (tertiary alicyclic amines) is 1. The summed E-state index contributed by atoms with van der Waals surface area (Å²) < 4.78 is 5.12. The predicted octanol–water partition coefficient (Wildman–Crippen LogP) is 1.70. The molecule has 3 aliphatic rings. The average molecular weight is 476 g/mol. The van der Waals surface area contributed by atoms with Crippen LogP contribution in [0.5, 0.6) is 0 Å². The second-order valence-electron chi connectivity index (χ2n) is 9.21. The van der Waals surface area contributed by atoms with Crippen LogP contribution in [0, 0.1) is 29.6 Å². The van der Waals surface area contributed by atoms with E-state index in [9.17, 15) is 24.0 Å². The van der Waals surface area contributed by atoms with Gasteiger partial charge in [-0.1, -0.05) is 37.6 Å². The molecule has 2 aliphatic carbocycles. The Kier molecular flexibility index (Phi) is 6.43. The fraction of sp³-hybridized carbons (Fsp3) is 0.522. The van der Waals surface area contributed by atoms with Crippen LogP contribution in [0.1, 0.15) is 43.5 Å². The van der Waals surface area contributed by atoms with Crippen LogP contribution in [0.25, 0.3) is 0 Å². The molecule has 2 N–H and O–H groups in total. The summed E-state index contributed by atoms with van der Waals surface area (Å²) in [4.78, 5) is 64.2. The Morgan fingerprint density at radius 1 is 1.06 bits per heavy atom. The van der Waals surface area contributed by atoms with Gasteiger partial charge >= 0.3 is 5.97 Å². The van der Waals surface area contributed by atoms with Crippen LogP contribution in [0.3, 0.4) is 0 Å². The van der Waals surface area contributed by atoms with E-state index >= 15 is 0 Å². The van der Waals surface area contributed by atoms with Crippen molar-refractivity contribution >= 4 is 41.2 Å². The monoisotopic (exact) mass is 475 g/mol. The quantitative estimate of drug-likeness (QED) is 0.367. The van der Waals surface area contributed by atoms with Gasteiger partial charge in [-0.25, -0.2) is 4.79 Å². The molecule has 0 spiro atoms. The highest BCUT2D eigenvalue weighted by atomic mass is 35.5. The van der Waals surface area contributed by atoms with E-state index in [0.717, 1.165) is 24.2 Å². The first-order chi connectivity index (χ1) is 15.7. The van der Waals surface area contributed by atoms with Crippen molar-refractivity contribution in [3.05, 3.63) is 34.9 Å². The van der Waals surface area contributed by atoms with Gasteiger partial charge in [-0.05, 0) is 49.1 Å². The van der Waals surface area contributed by atoms with Crippen LogP contribution >= 0.6 is 11.6 Å². The molecule has 4 amide bonds. The van der Waals surface area contributed by atoms with E-state index in [2.05, 4.69) is 10.9 Å². The fourth-order valence-electron chi connectivity index (χ4n) is 5.48. The number of rotatable bonds is 6. The SMILES string of the molecule is CC(C)[C@H](C(=O)OCC(=O)NNC(=O)c1ccccc1Cl)N1C(=O)[C@@H]2[C@H]3CC[C@@H](C3)[C@H]2C1=O. The summed E-state index contributed by atoms with van der Waals surface area (Å²) in [6, 6.07) is 5.21. The smallest absolute Gasteiger partial charge is 0.330 e. The van der Waals surface area contributed by atoms with Crippen molar-refractivity contribution in [3.8, 4) is 0 Å². The third kappa shape index (κ3) is 4.21. The van der Waals surface area contributed by atoms with Gasteiger partial charge in [0.15, 0.2) is 6.61 Å². The Labute approximate surface area is 196 Å². The number of imide groups is 1. The zero-order valence-electron chi connectivity index (χ0n) is 18.4. The first-order valence-electron chi connectivity index (χ1n) is 11.1. The molecule has 1 aliphatic heterocycles. The maximum Gasteiger partial charge on any atom is 0.330 e. The van der Waals surface area contributed by atoms with Crippen molar-refractivity contribution < 1.29 is 28.7 Å². The third-order valence-electron chi connectivity index (χ3n) is 6.89. The number of hydrazine groups is 1. The van der Waals surface area contributed by atoms with Crippen LogP contribution in [-0.2, 0) is 23.9 Å². The van der Waals surface area contributed by atoms with E-state index in [4.69, 9.17) is 16.3 Å². The highest BCUT2D eigenvalue weighted by Gasteiger charge is 2.62. The molecule has 10 heteroatoms. The van der Waals surface area contributed by atoms with Crippen LogP contribution < -0.4 is 10.9 Å². The molecule has 3 fully saturated rings. The molecule has 176 valence electrons. The zero-order valence-corrected chi connectivity index (χ0v) is 19.1. The molecular weight excluding hydrogens is 450 g/mol. The summed E-state index contributed by atoms with van der Waals surface area (Å²) in [5.41, 5.74) is 4.51. The third-order valence-corrected chi connectivity index (χ3v) is 7.22. The lowest BCUT2D eigenvalue weighted by atomic mass is 9.81. The highest BCUT2D eigenvalue weighted by Crippen LogP contribution is 2.56. The van der Waals surface area contributed by atoms with E-state index in [-0.39, 0.29) is 52.0 Å². The molecule has 33 heavy (non-hydrogen) atoms. The van der Waals surface area contributed by atoms with Crippen LogP contribution in [0.4, 0.5) is 0 Å². The minimum Gasteiger partial charge on any atom is -0.454 e. The second kappa shape index (κ2) is 9.13. The van der Waals surface area contributed by atoms with Crippen molar-refractivity contribution in [2.24, 2.45) is 29.6 Å². The number of carbonyl (C=O) groups is 5. The molecule has 9 nitrogen and oxygen atoms in total. The topological polar surface area (TPSA) is 122 Å². The Hall–Kier alpha value is -2.94. The summed E-state index contributed by atoms with van der Waals surface area (Å²) in [6.45, 7) is 2.76. The molecule has 1 saturated heterocycles. The van der Waals surface area contributed by atoms with Gasteiger partial charge in [0.1, 0.15) is 6.04 Å². The Balaban J connectivity index is 1.34. The second-order valence-corrected chi connectivity index (χ2v) is 9.62. The number of ether oxygens (including phenoxy) is 1. The lowest BCUT2D eigenvalue weighted by Gasteiger charge is -2.28. The average Bonchev–Trinajstić information content (AvgIpc) is 3.46. The minimum absolute atomic E-state index is 0.168. The van der Waals surface area contributed by atoms with E-state index < -0.39 is 30.4 Å². The molecule has 1 heterocycles. The number of benzene rings is 1. The summed E-state index contributed by atoms with van der Waals surface area (Å²) >= 11 is 5.94. The molecule has 0 aromatic heterocycles. The minimum atomic E-state index is -1.10. The van der Waals surface area contributed by atoms with Gasteiger partial charge in [0, 0.05) is 0 Å². The molecule has 5 atom stereocenters. The summed E-state index contributed by atoms with van der Waals surface area (Å²) in [6.07, 6.45) is 2.78. The number of hydrogen-bond donors (Lipinski definition) is 2. The fourth-order valence-corrected chi connectivity index (χ4v) is 5.70. The Morgan fingerprint density at radius 2 is 1.67 bits per heavy atom. The molecule has 0 radical (unpaired) electrons. The maximum absolute atomic E-state index is 13.1. The van der Waals surface area contributed by atoms with Crippen molar-refractivity contribution in [1.29, 1.82) is 0 Å². The van der Waals surface area contributed by atoms with Crippen molar-refractivity contribution in [1.82, 2.24) is 15.8 Å². The maximum atomic E-state index is 13.1. The van der Waals surface area contributed by atoms with E-state index in [1.807, 2.05) is 0 Å². The normalized spacial score (nSPS) is 26.4. The molecule has 1 aromatic rings. The molecule has 1 aromatic carbocycles. The van der Waals surface area contributed by atoms with Crippen molar-refractivity contribution in [3.63, 3.8) is 0 Å². The number of esters is 1. The lowest BCUT2D eigenvalue weighted by Crippen LogP contribution is -2.50. The largest absolute Gasteiger partial charge is 0.454 e. The lowest BCUT2D eigenvalue weighted by molar-refractivity contribution is -0.162. The van der Waals surface area contributed by atoms with Crippen LogP contribution in [-0.4, -0.2) is 47.1 Å². The predicted molar refractivity (Wildman–Crippen MR) is 116 cm³/mol. The van der Waals surface area contributed by atoms with Gasteiger partial charge in [-0.15, -0.1) is 0 Å². The van der Waals surface area contributed by atoms with Gasteiger partial charge in [0.2, 0.25) is 11.8 Å². The zero-order chi connectivity index (χ0) is 23.9. The number of fused-ring (bicyclic) bond motifs is 5. The molecule has 0 unspecified atom stereocenters. The van der Waals surface area contributed by atoms with E-state index in [0.29, 0.717) is 0 Å². The highest BCUT2D eigenvalue weighted by molar-refractivity contribution is 6.33. The number of nitrogens with zero attached hydrogens (tertiary/aromatic N) is 1. The summed E-state index contributed by atoms with van der Waals surface area (Å²) in [5, 5.41) is 0.216. The van der Waals surface area contributed by atoms with Gasteiger partial charge in [-0.2, -0.15) is 0 Å². The number of nitrogens with one attached hydrogen (secondary N) is 2. The van der Waals surface area contributed by atoms with E-state index in [1.165, 1.54) is 12.1 Å². The Bertz CT molecular complexity index is 984. The van der Waals surface area contributed by atoms with Crippen LogP contribution in [0.2, 0.25) is 5.02 Å². The van der Waals surface area contributed by atoms with Crippen LogP contribution in [0.15, 0.2) is 24.3 Å². The molecule has 2 saturated carbocycles. The first-order valence-corrected chi connectivity index (χ1v) is 11.5. The number of hydrogen-bond acceptors (Lipinski definition) is 6. The number of carbonyl (C=O) groups excluding carboxylic acids is 5. The molecule has 4 rings (SSSR count). The van der Waals surface area contributed by atoms with Crippen molar-refractivity contribution in [2.45, 2.75) is 39.2 Å².